The summed E-state index contributed by atoms with van der Waals surface area (Å²) in [4.78, 5) is 32.3. The lowest BCUT2D eigenvalue weighted by atomic mass is 10.4. The van der Waals surface area contributed by atoms with Gasteiger partial charge < -0.3 is 10.6 Å². The van der Waals surface area contributed by atoms with Gasteiger partial charge in [-0.05, 0) is 0 Å². The number of amides is 2. The Balaban J connectivity index is 2.38. The van der Waals surface area contributed by atoms with Crippen molar-refractivity contribution in [1.29, 1.82) is 0 Å². The molecule has 2 aliphatic heterocycles. The van der Waals surface area contributed by atoms with Crippen LogP contribution in [0.25, 0.3) is 0 Å². The van der Waals surface area contributed by atoms with Crippen LogP contribution in [0.15, 0.2) is 17.6 Å². The van der Waals surface area contributed by atoms with Gasteiger partial charge in [-0.15, -0.1) is 6.58 Å². The standard InChI is InChI=1S/C11H18N6O2/c1-3-6-16-10(13)14-9(12)15(2)11(16)17-7(18)4-5-8(17)19/h3,10-11H,1,4-6,13H2,2H3,(H2,12,14). The molecule has 104 valence electrons. The molecule has 2 unspecified atom stereocenters. The molecule has 0 aromatic heterocycles. The molecule has 0 aromatic carbocycles. The summed E-state index contributed by atoms with van der Waals surface area (Å²) in [6, 6.07) is 0. The third kappa shape index (κ3) is 2.20. The van der Waals surface area contributed by atoms with Gasteiger partial charge in [-0.25, -0.2) is 14.8 Å². The predicted molar refractivity (Wildman–Crippen MR) is 69.1 cm³/mol. The van der Waals surface area contributed by atoms with E-state index in [-0.39, 0.29) is 30.6 Å². The Hall–Kier alpha value is -1.93. The van der Waals surface area contributed by atoms with Gasteiger partial charge in [0.25, 0.3) is 0 Å². The van der Waals surface area contributed by atoms with Crippen LogP contribution < -0.4 is 11.5 Å². The Labute approximate surface area is 111 Å². The van der Waals surface area contributed by atoms with Crippen LogP contribution in [0.5, 0.6) is 0 Å². The van der Waals surface area contributed by atoms with Crippen molar-refractivity contribution in [2.45, 2.75) is 25.4 Å². The van der Waals surface area contributed by atoms with Crippen LogP contribution in [-0.2, 0) is 9.59 Å². The van der Waals surface area contributed by atoms with E-state index in [1.807, 2.05) is 0 Å². The maximum atomic E-state index is 11.9. The lowest BCUT2D eigenvalue weighted by Gasteiger charge is -2.46. The number of imide groups is 1. The number of aliphatic imine (C=N–C) groups is 1. The van der Waals surface area contributed by atoms with Crippen molar-refractivity contribution in [3.63, 3.8) is 0 Å². The summed E-state index contributed by atoms with van der Waals surface area (Å²) in [5, 5.41) is 0. The van der Waals surface area contributed by atoms with E-state index in [0.29, 0.717) is 6.54 Å². The zero-order valence-corrected chi connectivity index (χ0v) is 10.8. The van der Waals surface area contributed by atoms with Crippen LogP contribution in [0.1, 0.15) is 12.8 Å². The normalized spacial score (nSPS) is 28.8. The second kappa shape index (κ2) is 4.98. The average molecular weight is 266 g/mol. The molecule has 8 nitrogen and oxygen atoms in total. The molecular weight excluding hydrogens is 248 g/mol. The van der Waals surface area contributed by atoms with Crippen molar-refractivity contribution in [3.05, 3.63) is 12.7 Å². The Morgan fingerprint density at radius 3 is 2.53 bits per heavy atom. The van der Waals surface area contributed by atoms with Crippen LogP contribution >= 0.6 is 0 Å². The number of hydrogen-bond acceptors (Lipinski definition) is 7. The number of nitrogens with zero attached hydrogens (tertiary/aromatic N) is 4. The van der Waals surface area contributed by atoms with E-state index in [1.54, 1.807) is 22.9 Å². The summed E-state index contributed by atoms with van der Waals surface area (Å²) in [5.41, 5.74) is 11.7. The van der Waals surface area contributed by atoms with E-state index >= 15 is 0 Å². The molecule has 0 aromatic rings. The highest BCUT2D eigenvalue weighted by molar-refractivity contribution is 6.02. The van der Waals surface area contributed by atoms with Gasteiger partial charge in [0.2, 0.25) is 11.8 Å². The minimum Gasteiger partial charge on any atom is -0.370 e. The summed E-state index contributed by atoms with van der Waals surface area (Å²) >= 11 is 0. The van der Waals surface area contributed by atoms with Crippen molar-refractivity contribution in [1.82, 2.24) is 14.7 Å². The van der Waals surface area contributed by atoms with Crippen LogP contribution in [0, 0.1) is 0 Å². The van der Waals surface area contributed by atoms with Crippen molar-refractivity contribution in [2.75, 3.05) is 13.6 Å². The van der Waals surface area contributed by atoms with Crippen LogP contribution in [0.3, 0.4) is 0 Å². The van der Waals surface area contributed by atoms with Gasteiger partial charge in [0.05, 0.1) is 0 Å². The molecule has 1 saturated heterocycles. The zero-order valence-electron chi connectivity index (χ0n) is 10.8. The highest BCUT2D eigenvalue weighted by atomic mass is 16.2. The number of nitrogens with two attached hydrogens (primary N) is 2. The molecule has 2 heterocycles. The highest BCUT2D eigenvalue weighted by Crippen LogP contribution is 2.23. The molecule has 1 fully saturated rings. The second-order valence-corrected chi connectivity index (χ2v) is 4.50. The second-order valence-electron chi connectivity index (χ2n) is 4.50. The lowest BCUT2D eigenvalue weighted by Crippen LogP contribution is -2.68. The molecule has 2 rings (SSSR count). The van der Waals surface area contributed by atoms with E-state index in [1.165, 1.54) is 4.90 Å². The molecular formula is C11H18N6O2. The van der Waals surface area contributed by atoms with E-state index < -0.39 is 12.6 Å². The third-order valence-corrected chi connectivity index (χ3v) is 3.27. The Morgan fingerprint density at radius 1 is 1.42 bits per heavy atom. The molecule has 0 aliphatic carbocycles. The van der Waals surface area contributed by atoms with Gasteiger partial charge in [-0.1, -0.05) is 6.08 Å². The van der Waals surface area contributed by atoms with Crippen molar-refractivity contribution >= 4 is 17.8 Å². The summed E-state index contributed by atoms with van der Waals surface area (Å²) in [6.45, 7) is 4.04. The average Bonchev–Trinajstić information content (AvgIpc) is 2.68. The fourth-order valence-corrected chi connectivity index (χ4v) is 2.30. The van der Waals surface area contributed by atoms with E-state index in [0.717, 1.165) is 0 Å². The molecule has 2 amide bonds. The summed E-state index contributed by atoms with van der Waals surface area (Å²) in [5.74, 6) is -0.249. The highest BCUT2D eigenvalue weighted by Gasteiger charge is 2.44. The van der Waals surface area contributed by atoms with E-state index in [9.17, 15) is 9.59 Å². The van der Waals surface area contributed by atoms with Crippen molar-refractivity contribution in [3.8, 4) is 0 Å². The van der Waals surface area contributed by atoms with E-state index in [2.05, 4.69) is 11.6 Å². The largest absolute Gasteiger partial charge is 0.370 e. The predicted octanol–water partition coefficient (Wildman–Crippen LogP) is -1.59. The molecule has 2 aliphatic rings. The molecule has 0 bridgehead atoms. The Morgan fingerprint density at radius 2 is 2.00 bits per heavy atom. The first-order valence-corrected chi connectivity index (χ1v) is 6.00. The van der Waals surface area contributed by atoms with Gasteiger partial charge in [0.1, 0.15) is 0 Å². The van der Waals surface area contributed by atoms with Gasteiger partial charge in [-0.3, -0.25) is 15.3 Å². The third-order valence-electron chi connectivity index (χ3n) is 3.27. The van der Waals surface area contributed by atoms with Gasteiger partial charge in [0, 0.05) is 26.4 Å². The summed E-state index contributed by atoms with van der Waals surface area (Å²) in [6.07, 6.45) is 0.728. The quantitative estimate of drug-likeness (QED) is 0.471. The Kier molecular flexibility index (Phi) is 3.54. The van der Waals surface area contributed by atoms with Crippen LogP contribution in [0.2, 0.25) is 0 Å². The number of guanidine groups is 1. The fraction of sp³-hybridized carbons (Fsp3) is 0.545. The number of carbonyl (C=O) groups is 2. The smallest absolute Gasteiger partial charge is 0.232 e. The first kappa shape index (κ1) is 13.5. The molecule has 19 heavy (non-hydrogen) atoms. The van der Waals surface area contributed by atoms with Crippen molar-refractivity contribution in [2.24, 2.45) is 16.5 Å². The molecule has 0 radical (unpaired) electrons. The molecule has 0 spiro atoms. The number of carbonyl (C=O) groups excluding carboxylic acids is 2. The zero-order chi connectivity index (χ0) is 14.2. The number of likely N-dealkylation sites (tertiary alicyclic amines) is 1. The lowest BCUT2D eigenvalue weighted by molar-refractivity contribution is -0.154. The summed E-state index contributed by atoms with van der Waals surface area (Å²) in [7, 11) is 1.67. The molecule has 4 N–H and O–H groups in total. The minimum atomic E-state index is -0.708. The Bertz CT molecular complexity index is 432. The van der Waals surface area contributed by atoms with Gasteiger partial charge in [-0.2, -0.15) is 0 Å². The molecule has 2 atom stereocenters. The molecule has 0 saturated carbocycles. The SMILES string of the molecule is C=CCN1C(N)N=C(N)N(C)C1N1C(=O)CCC1=O. The fourth-order valence-electron chi connectivity index (χ4n) is 2.30. The van der Waals surface area contributed by atoms with Gasteiger partial charge in [0.15, 0.2) is 18.5 Å². The monoisotopic (exact) mass is 266 g/mol. The number of rotatable bonds is 3. The molecule has 8 heteroatoms. The van der Waals surface area contributed by atoms with Crippen molar-refractivity contribution < 1.29 is 9.59 Å². The summed E-state index contributed by atoms with van der Waals surface area (Å²) < 4.78 is 0. The number of hydrogen-bond donors (Lipinski definition) is 2. The van der Waals surface area contributed by atoms with E-state index in [4.69, 9.17) is 11.5 Å². The van der Waals surface area contributed by atoms with Crippen LogP contribution in [0.4, 0.5) is 0 Å². The first-order chi connectivity index (χ1) is 8.97. The van der Waals surface area contributed by atoms with Gasteiger partial charge >= 0.3 is 0 Å². The minimum absolute atomic E-state index is 0.199. The maximum Gasteiger partial charge on any atom is 0.232 e. The maximum absolute atomic E-state index is 11.9. The topological polar surface area (TPSA) is 108 Å². The first-order valence-electron chi connectivity index (χ1n) is 6.00. The van der Waals surface area contributed by atoms with Crippen LogP contribution in [-0.4, -0.2) is 58.6 Å².